The normalized spacial score (nSPS) is 45.8. The Hall–Kier alpha value is -0.320. The molecule has 2 aliphatic carbocycles. The lowest BCUT2D eigenvalue weighted by Crippen LogP contribution is -2.54. The molecule has 8 nitrogen and oxygen atoms in total. The minimum atomic E-state index is -1.17. The minimum Gasteiger partial charge on any atom is -0.390 e. The summed E-state index contributed by atoms with van der Waals surface area (Å²) < 4.78 is 16.2. The fourth-order valence-corrected chi connectivity index (χ4v) is 4.61. The molecule has 27 heavy (non-hydrogen) atoms. The van der Waals surface area contributed by atoms with Crippen LogP contribution in [0.1, 0.15) is 26.2 Å². The van der Waals surface area contributed by atoms with Crippen LogP contribution in [0, 0.1) is 23.7 Å². The highest BCUT2D eigenvalue weighted by Crippen LogP contribution is 2.34. The van der Waals surface area contributed by atoms with Gasteiger partial charge in [-0.15, -0.1) is 0 Å². The summed E-state index contributed by atoms with van der Waals surface area (Å²) in [7, 11) is 3.03. The molecule has 10 atom stereocenters. The summed E-state index contributed by atoms with van der Waals surface area (Å²) in [6.07, 6.45) is -3.64. The van der Waals surface area contributed by atoms with Gasteiger partial charge in [0.1, 0.15) is 12.2 Å². The molecule has 160 valence electrons. The maximum atomic E-state index is 10.5. The van der Waals surface area contributed by atoms with Crippen LogP contribution in [0.15, 0.2) is 0 Å². The first-order valence-electron chi connectivity index (χ1n) is 9.85. The number of methoxy groups -OCH3 is 2. The Kier molecular flexibility index (Phi) is 8.89. The van der Waals surface area contributed by atoms with Crippen LogP contribution in [-0.2, 0) is 14.2 Å². The molecule has 0 radical (unpaired) electrons. The van der Waals surface area contributed by atoms with E-state index in [1.807, 2.05) is 6.92 Å². The predicted octanol–water partition coefficient (Wildman–Crippen LogP) is -0.849. The second-order valence-corrected chi connectivity index (χ2v) is 8.07. The van der Waals surface area contributed by atoms with E-state index < -0.39 is 36.6 Å². The van der Waals surface area contributed by atoms with Gasteiger partial charge in [0.2, 0.25) is 0 Å². The lowest BCUT2D eigenvalue weighted by atomic mass is 9.75. The Labute approximate surface area is 161 Å². The smallest absolute Gasteiger partial charge is 0.109 e. The largest absolute Gasteiger partial charge is 0.390 e. The van der Waals surface area contributed by atoms with Gasteiger partial charge < -0.3 is 39.7 Å². The molecular formula is C19H36O8. The summed E-state index contributed by atoms with van der Waals surface area (Å²) in [6, 6.07) is 0. The Morgan fingerprint density at radius 3 is 1.67 bits per heavy atom. The zero-order valence-electron chi connectivity index (χ0n) is 16.5. The minimum absolute atomic E-state index is 0.0728. The highest BCUT2D eigenvalue weighted by atomic mass is 16.5. The Morgan fingerprint density at radius 1 is 0.667 bits per heavy atom. The fourth-order valence-electron chi connectivity index (χ4n) is 4.61. The standard InChI is InChI=1S/C19H36O8/c1-4-10-5-12(15(21)18(24)14(10)20)8-27-9-13-6-11(7-25-2)16(22)19(26-3)17(13)23/h10-24H,4-9H2,1-3H3. The van der Waals surface area contributed by atoms with Crippen LogP contribution in [0.4, 0.5) is 0 Å². The van der Waals surface area contributed by atoms with E-state index in [1.54, 1.807) is 7.11 Å². The highest BCUT2D eigenvalue weighted by molar-refractivity contribution is 4.94. The molecule has 2 fully saturated rings. The lowest BCUT2D eigenvalue weighted by Gasteiger charge is -2.42. The zero-order valence-corrected chi connectivity index (χ0v) is 16.5. The summed E-state index contributed by atoms with van der Waals surface area (Å²) in [5, 5.41) is 51.1. The van der Waals surface area contributed by atoms with Gasteiger partial charge >= 0.3 is 0 Å². The Balaban J connectivity index is 1.91. The first kappa shape index (κ1) is 23.0. The monoisotopic (exact) mass is 392 g/mol. The van der Waals surface area contributed by atoms with Crippen LogP contribution in [0.3, 0.4) is 0 Å². The lowest BCUT2D eigenvalue weighted by molar-refractivity contribution is -0.173. The fraction of sp³-hybridized carbons (Fsp3) is 1.00. The molecule has 2 rings (SSSR count). The van der Waals surface area contributed by atoms with Crippen molar-refractivity contribution < 1.29 is 39.7 Å². The SMILES string of the molecule is CCC1CC(COCC2CC(COC)C(O)C(OC)C2O)C(O)C(O)C1O. The Morgan fingerprint density at radius 2 is 1.15 bits per heavy atom. The maximum absolute atomic E-state index is 10.5. The van der Waals surface area contributed by atoms with Crippen LogP contribution in [-0.4, -0.2) is 96.2 Å². The van der Waals surface area contributed by atoms with Crippen molar-refractivity contribution in [1.29, 1.82) is 0 Å². The van der Waals surface area contributed by atoms with Crippen LogP contribution in [0.5, 0.6) is 0 Å². The van der Waals surface area contributed by atoms with E-state index in [-0.39, 0.29) is 36.9 Å². The zero-order chi connectivity index (χ0) is 20.1. The Bertz CT molecular complexity index is 434. The number of hydrogen-bond donors (Lipinski definition) is 5. The molecule has 0 aromatic heterocycles. The number of aliphatic hydroxyl groups excluding tert-OH is 5. The summed E-state index contributed by atoms with van der Waals surface area (Å²) in [5.74, 6) is -0.723. The summed E-state index contributed by atoms with van der Waals surface area (Å²) >= 11 is 0. The van der Waals surface area contributed by atoms with E-state index in [2.05, 4.69) is 0 Å². The highest BCUT2D eigenvalue weighted by Gasteiger charge is 2.45. The molecule has 2 saturated carbocycles. The average Bonchev–Trinajstić information content (AvgIpc) is 2.65. The quantitative estimate of drug-likeness (QED) is 0.361. The van der Waals surface area contributed by atoms with E-state index in [0.29, 0.717) is 19.4 Å². The van der Waals surface area contributed by atoms with E-state index in [0.717, 1.165) is 6.42 Å². The van der Waals surface area contributed by atoms with Crippen molar-refractivity contribution >= 4 is 0 Å². The summed E-state index contributed by atoms with van der Waals surface area (Å²) in [4.78, 5) is 0. The molecule has 0 bridgehead atoms. The predicted molar refractivity (Wildman–Crippen MR) is 97.0 cm³/mol. The number of hydrogen-bond acceptors (Lipinski definition) is 8. The maximum Gasteiger partial charge on any atom is 0.109 e. The van der Waals surface area contributed by atoms with Gasteiger partial charge in [0.05, 0.1) is 44.2 Å². The van der Waals surface area contributed by atoms with Gasteiger partial charge in [0.25, 0.3) is 0 Å². The van der Waals surface area contributed by atoms with Gasteiger partial charge in [-0.25, -0.2) is 0 Å². The molecule has 8 heteroatoms. The van der Waals surface area contributed by atoms with Gasteiger partial charge in [-0.05, 0) is 18.8 Å². The molecule has 0 saturated heterocycles. The summed E-state index contributed by atoms with van der Waals surface area (Å²) in [6.45, 7) is 2.81. The number of aliphatic hydroxyl groups is 5. The van der Waals surface area contributed by atoms with Crippen molar-refractivity contribution in [3.63, 3.8) is 0 Å². The molecule has 0 heterocycles. The third-order valence-electron chi connectivity index (χ3n) is 6.36. The molecule has 0 spiro atoms. The third kappa shape index (κ3) is 5.19. The van der Waals surface area contributed by atoms with Gasteiger partial charge in [0.15, 0.2) is 0 Å². The van der Waals surface area contributed by atoms with Crippen molar-refractivity contribution in [2.75, 3.05) is 34.0 Å². The van der Waals surface area contributed by atoms with Crippen LogP contribution < -0.4 is 0 Å². The van der Waals surface area contributed by atoms with Gasteiger partial charge in [-0.1, -0.05) is 13.3 Å². The van der Waals surface area contributed by atoms with Crippen molar-refractivity contribution in [2.24, 2.45) is 23.7 Å². The summed E-state index contributed by atoms with van der Waals surface area (Å²) in [5.41, 5.74) is 0. The third-order valence-corrected chi connectivity index (χ3v) is 6.36. The molecule has 5 N–H and O–H groups in total. The molecule has 0 aromatic carbocycles. The van der Waals surface area contributed by atoms with Crippen molar-refractivity contribution in [3.05, 3.63) is 0 Å². The second kappa shape index (κ2) is 10.5. The number of rotatable bonds is 8. The van der Waals surface area contributed by atoms with E-state index in [1.165, 1.54) is 7.11 Å². The van der Waals surface area contributed by atoms with Gasteiger partial charge in [-0.3, -0.25) is 0 Å². The van der Waals surface area contributed by atoms with Gasteiger partial charge in [0, 0.05) is 32.0 Å². The van der Waals surface area contributed by atoms with Crippen molar-refractivity contribution in [2.45, 2.75) is 62.8 Å². The van der Waals surface area contributed by atoms with Crippen LogP contribution in [0.25, 0.3) is 0 Å². The molecular weight excluding hydrogens is 356 g/mol. The van der Waals surface area contributed by atoms with E-state index >= 15 is 0 Å². The van der Waals surface area contributed by atoms with Crippen molar-refractivity contribution in [3.8, 4) is 0 Å². The molecule has 0 amide bonds. The van der Waals surface area contributed by atoms with Crippen LogP contribution in [0.2, 0.25) is 0 Å². The van der Waals surface area contributed by atoms with E-state index in [9.17, 15) is 25.5 Å². The average molecular weight is 392 g/mol. The first-order chi connectivity index (χ1) is 12.8. The molecule has 0 aliphatic heterocycles. The van der Waals surface area contributed by atoms with Gasteiger partial charge in [-0.2, -0.15) is 0 Å². The first-order valence-corrected chi connectivity index (χ1v) is 9.85. The van der Waals surface area contributed by atoms with E-state index in [4.69, 9.17) is 14.2 Å². The van der Waals surface area contributed by atoms with Crippen LogP contribution >= 0.6 is 0 Å². The second-order valence-electron chi connectivity index (χ2n) is 8.07. The van der Waals surface area contributed by atoms with Crippen molar-refractivity contribution in [1.82, 2.24) is 0 Å². The molecule has 0 aromatic rings. The topological polar surface area (TPSA) is 129 Å². The molecule has 2 aliphatic rings. The number of ether oxygens (including phenoxy) is 3. The molecule has 10 unspecified atom stereocenters.